The molecule has 0 saturated carbocycles. The van der Waals surface area contributed by atoms with Crippen molar-refractivity contribution in [3.63, 3.8) is 0 Å². The molecular weight excluding hydrogens is 395 g/mol. The number of aryl methyl sites for hydroxylation is 2. The van der Waals surface area contributed by atoms with Gasteiger partial charge in [-0.05, 0) is 26.2 Å². The van der Waals surface area contributed by atoms with Crippen molar-refractivity contribution < 1.29 is 0 Å². The number of thiazole rings is 1. The first-order chi connectivity index (χ1) is 9.72. The van der Waals surface area contributed by atoms with Crippen molar-refractivity contribution in [2.75, 3.05) is 13.6 Å². The number of aliphatic imine (C=N–C) groups is 1. The highest BCUT2D eigenvalue weighted by Crippen LogP contribution is 2.17. The quantitative estimate of drug-likeness (QED) is 0.333. The molecule has 2 N–H and O–H groups in total. The van der Waals surface area contributed by atoms with Gasteiger partial charge in [0.1, 0.15) is 0 Å². The maximum atomic E-state index is 4.66. The SMILES string of the molecule is CCc1nc(CCNC(=NC)NC2CC=CC2)sc1C.I. The topological polar surface area (TPSA) is 49.3 Å². The third-order valence-electron chi connectivity index (χ3n) is 3.48. The molecule has 0 aromatic carbocycles. The van der Waals surface area contributed by atoms with Crippen LogP contribution in [-0.4, -0.2) is 30.6 Å². The van der Waals surface area contributed by atoms with Crippen LogP contribution in [-0.2, 0) is 12.8 Å². The summed E-state index contributed by atoms with van der Waals surface area (Å²) in [5.41, 5.74) is 1.24. The molecule has 0 fully saturated rings. The fourth-order valence-electron chi connectivity index (χ4n) is 2.33. The first kappa shape index (κ1) is 18.4. The molecule has 2 rings (SSSR count). The summed E-state index contributed by atoms with van der Waals surface area (Å²) < 4.78 is 0. The smallest absolute Gasteiger partial charge is 0.191 e. The molecule has 0 unspecified atom stereocenters. The molecule has 1 aliphatic carbocycles. The zero-order chi connectivity index (χ0) is 14.4. The molecule has 1 aromatic heterocycles. The van der Waals surface area contributed by atoms with E-state index in [-0.39, 0.29) is 24.0 Å². The largest absolute Gasteiger partial charge is 0.356 e. The van der Waals surface area contributed by atoms with Crippen LogP contribution in [0, 0.1) is 6.92 Å². The van der Waals surface area contributed by atoms with E-state index in [0.29, 0.717) is 6.04 Å². The Morgan fingerprint density at radius 2 is 2.14 bits per heavy atom. The molecule has 4 nitrogen and oxygen atoms in total. The fraction of sp³-hybridized carbons (Fsp3) is 0.600. The molecule has 0 radical (unpaired) electrons. The molecule has 6 heteroatoms. The average Bonchev–Trinajstić information content (AvgIpc) is 3.07. The second-order valence-electron chi connectivity index (χ2n) is 5.00. The average molecular weight is 420 g/mol. The molecule has 0 saturated heterocycles. The molecule has 0 spiro atoms. The van der Waals surface area contributed by atoms with Gasteiger partial charge in [-0.25, -0.2) is 4.98 Å². The van der Waals surface area contributed by atoms with Crippen LogP contribution in [0.4, 0.5) is 0 Å². The van der Waals surface area contributed by atoms with E-state index in [1.807, 2.05) is 18.4 Å². The number of rotatable bonds is 5. The minimum Gasteiger partial charge on any atom is -0.356 e. The van der Waals surface area contributed by atoms with E-state index >= 15 is 0 Å². The predicted molar refractivity (Wildman–Crippen MR) is 102 cm³/mol. The Hall–Kier alpha value is -0.630. The molecule has 0 atom stereocenters. The minimum absolute atomic E-state index is 0. The molecular formula is C15H25IN4S. The maximum absolute atomic E-state index is 4.66. The summed E-state index contributed by atoms with van der Waals surface area (Å²) in [5.74, 6) is 0.891. The van der Waals surface area contributed by atoms with Gasteiger partial charge in [0.05, 0.1) is 10.7 Å². The molecule has 21 heavy (non-hydrogen) atoms. The summed E-state index contributed by atoms with van der Waals surface area (Å²) in [6.45, 7) is 5.18. The monoisotopic (exact) mass is 420 g/mol. The second-order valence-corrected chi connectivity index (χ2v) is 6.28. The van der Waals surface area contributed by atoms with Gasteiger partial charge in [0.2, 0.25) is 0 Å². The van der Waals surface area contributed by atoms with Gasteiger partial charge in [-0.15, -0.1) is 35.3 Å². The predicted octanol–water partition coefficient (Wildman–Crippen LogP) is 3.06. The van der Waals surface area contributed by atoms with Gasteiger partial charge >= 0.3 is 0 Å². The van der Waals surface area contributed by atoms with Gasteiger partial charge in [0.15, 0.2) is 5.96 Å². The number of hydrogen-bond donors (Lipinski definition) is 2. The van der Waals surface area contributed by atoms with Crippen molar-refractivity contribution in [3.05, 3.63) is 27.7 Å². The van der Waals surface area contributed by atoms with E-state index < -0.39 is 0 Å². The summed E-state index contributed by atoms with van der Waals surface area (Å²) in [5, 5.41) is 8.02. The maximum Gasteiger partial charge on any atom is 0.191 e. The van der Waals surface area contributed by atoms with Crippen molar-refractivity contribution in [1.82, 2.24) is 15.6 Å². The highest BCUT2D eigenvalue weighted by atomic mass is 127. The molecule has 0 bridgehead atoms. The van der Waals surface area contributed by atoms with Crippen LogP contribution in [0.3, 0.4) is 0 Å². The van der Waals surface area contributed by atoms with Gasteiger partial charge in [-0.1, -0.05) is 19.1 Å². The van der Waals surface area contributed by atoms with Crippen LogP contribution in [0.2, 0.25) is 0 Å². The third-order valence-corrected chi connectivity index (χ3v) is 4.55. The van der Waals surface area contributed by atoms with Crippen molar-refractivity contribution >= 4 is 41.3 Å². The second kappa shape index (κ2) is 9.40. The lowest BCUT2D eigenvalue weighted by atomic mass is 10.2. The Morgan fingerprint density at radius 3 is 2.71 bits per heavy atom. The number of nitrogens with one attached hydrogen (secondary N) is 2. The standard InChI is InChI=1S/C15H24N4S.HI/c1-4-13-11(2)20-14(19-13)9-10-17-15(16-3)18-12-7-5-6-8-12;/h5-6,12H,4,7-10H2,1-3H3,(H2,16,17,18);1H. The van der Waals surface area contributed by atoms with Crippen LogP contribution in [0.5, 0.6) is 0 Å². The number of halogens is 1. The Labute approximate surface area is 148 Å². The Kier molecular flexibility index (Phi) is 8.24. The highest BCUT2D eigenvalue weighted by Gasteiger charge is 2.11. The Balaban J connectivity index is 0.00000220. The zero-order valence-corrected chi connectivity index (χ0v) is 16.1. The third kappa shape index (κ3) is 5.58. The van der Waals surface area contributed by atoms with Gasteiger partial charge in [0, 0.05) is 30.9 Å². The first-order valence-corrected chi connectivity index (χ1v) is 8.12. The molecule has 1 heterocycles. The Bertz CT molecular complexity index is 488. The molecule has 0 amide bonds. The van der Waals surface area contributed by atoms with Crippen molar-refractivity contribution in [2.24, 2.45) is 4.99 Å². The lowest BCUT2D eigenvalue weighted by molar-refractivity contribution is 0.632. The van der Waals surface area contributed by atoms with Crippen molar-refractivity contribution in [1.29, 1.82) is 0 Å². The summed E-state index contributed by atoms with van der Waals surface area (Å²) in [7, 11) is 1.82. The van der Waals surface area contributed by atoms with E-state index in [0.717, 1.165) is 38.2 Å². The molecule has 1 aliphatic rings. The number of nitrogens with zero attached hydrogens (tertiary/aromatic N) is 2. The van der Waals surface area contributed by atoms with E-state index in [2.05, 4.69) is 46.6 Å². The van der Waals surface area contributed by atoms with Gasteiger partial charge < -0.3 is 10.6 Å². The van der Waals surface area contributed by atoms with Crippen LogP contribution in [0.25, 0.3) is 0 Å². The normalized spacial score (nSPS) is 15.1. The summed E-state index contributed by atoms with van der Waals surface area (Å²) in [6.07, 6.45) is 8.59. The van der Waals surface area contributed by atoms with Crippen LogP contribution in [0.15, 0.2) is 17.1 Å². The Morgan fingerprint density at radius 1 is 1.43 bits per heavy atom. The lowest BCUT2D eigenvalue weighted by Crippen LogP contribution is -2.43. The number of aromatic nitrogens is 1. The first-order valence-electron chi connectivity index (χ1n) is 7.30. The van der Waals surface area contributed by atoms with Crippen LogP contribution in [0.1, 0.15) is 35.3 Å². The van der Waals surface area contributed by atoms with Crippen LogP contribution < -0.4 is 10.6 Å². The van der Waals surface area contributed by atoms with Gasteiger partial charge in [-0.3, -0.25) is 4.99 Å². The van der Waals surface area contributed by atoms with Gasteiger partial charge in [0.25, 0.3) is 0 Å². The fourth-order valence-corrected chi connectivity index (χ4v) is 3.35. The van der Waals surface area contributed by atoms with E-state index in [9.17, 15) is 0 Å². The van der Waals surface area contributed by atoms with E-state index in [1.165, 1.54) is 15.6 Å². The molecule has 0 aliphatic heterocycles. The summed E-state index contributed by atoms with van der Waals surface area (Å²) >= 11 is 1.81. The number of guanidine groups is 1. The van der Waals surface area contributed by atoms with Crippen LogP contribution >= 0.6 is 35.3 Å². The lowest BCUT2D eigenvalue weighted by Gasteiger charge is -2.16. The van der Waals surface area contributed by atoms with Crippen molar-refractivity contribution in [3.8, 4) is 0 Å². The van der Waals surface area contributed by atoms with Crippen molar-refractivity contribution in [2.45, 2.75) is 45.6 Å². The van der Waals surface area contributed by atoms with Gasteiger partial charge in [-0.2, -0.15) is 0 Å². The summed E-state index contributed by atoms with van der Waals surface area (Å²) in [4.78, 5) is 10.3. The summed E-state index contributed by atoms with van der Waals surface area (Å²) in [6, 6.07) is 0.495. The molecule has 118 valence electrons. The highest BCUT2D eigenvalue weighted by molar-refractivity contribution is 14.0. The number of hydrogen-bond acceptors (Lipinski definition) is 3. The minimum atomic E-state index is 0. The van der Waals surface area contributed by atoms with E-state index in [1.54, 1.807) is 0 Å². The van der Waals surface area contributed by atoms with E-state index in [4.69, 9.17) is 0 Å². The zero-order valence-electron chi connectivity index (χ0n) is 13.0. The molecule has 1 aromatic rings.